The summed E-state index contributed by atoms with van der Waals surface area (Å²) in [5.74, 6) is 6.60. The van der Waals surface area contributed by atoms with Gasteiger partial charge in [0.05, 0.1) is 5.75 Å². The molecule has 0 fully saturated rings. The summed E-state index contributed by atoms with van der Waals surface area (Å²) in [6.07, 6.45) is 3.34. The van der Waals surface area contributed by atoms with Gasteiger partial charge in [0.2, 0.25) is 11.1 Å². The van der Waals surface area contributed by atoms with Gasteiger partial charge in [-0.3, -0.25) is 9.78 Å². The number of amides is 1. The molecule has 0 atom stereocenters. The molecule has 0 aliphatic rings. The topological polar surface area (TPSA) is 98.7 Å². The molecule has 3 N–H and O–H groups in total. The first-order valence-electron chi connectivity index (χ1n) is 7.65. The van der Waals surface area contributed by atoms with E-state index in [1.54, 1.807) is 18.5 Å². The molecule has 1 aromatic carbocycles. The van der Waals surface area contributed by atoms with Crippen molar-refractivity contribution in [1.29, 1.82) is 0 Å². The highest BCUT2D eigenvalue weighted by atomic mass is 32.2. The molecule has 2 heterocycles. The third kappa shape index (κ3) is 4.16. The maximum absolute atomic E-state index is 12.2. The molecule has 2 aromatic heterocycles. The first kappa shape index (κ1) is 17.0. The van der Waals surface area contributed by atoms with Crippen LogP contribution in [0.2, 0.25) is 0 Å². The number of hydrogen-bond acceptors (Lipinski definition) is 6. The Bertz CT molecular complexity index is 873. The number of benzene rings is 1. The summed E-state index contributed by atoms with van der Waals surface area (Å²) in [4.78, 5) is 16.2. The molecule has 25 heavy (non-hydrogen) atoms. The Balaban J connectivity index is 1.64. The van der Waals surface area contributed by atoms with Gasteiger partial charge < -0.3 is 11.2 Å². The Hall–Kier alpha value is -2.87. The summed E-state index contributed by atoms with van der Waals surface area (Å²) in [7, 11) is 0. The third-order valence-electron chi connectivity index (χ3n) is 3.42. The highest BCUT2D eigenvalue weighted by Gasteiger charge is 2.14. The average molecular weight is 354 g/mol. The second-order valence-corrected chi connectivity index (χ2v) is 6.57. The fraction of sp³-hybridized carbons (Fsp3) is 0.176. The van der Waals surface area contributed by atoms with Gasteiger partial charge in [0.25, 0.3) is 0 Å². The van der Waals surface area contributed by atoms with Crippen LogP contribution >= 0.6 is 11.8 Å². The molecule has 0 unspecified atom stereocenters. The Morgan fingerprint density at radius 3 is 2.68 bits per heavy atom. The molecule has 3 aromatic rings. The van der Waals surface area contributed by atoms with Gasteiger partial charge in [-0.1, -0.05) is 17.8 Å². The van der Waals surface area contributed by atoms with Crippen LogP contribution in [0.3, 0.4) is 0 Å². The molecule has 7 nitrogen and oxygen atoms in total. The van der Waals surface area contributed by atoms with E-state index in [0.29, 0.717) is 11.0 Å². The number of carbonyl (C=O) groups excluding carboxylic acids is 1. The van der Waals surface area contributed by atoms with Crippen molar-refractivity contribution in [2.24, 2.45) is 0 Å². The van der Waals surface area contributed by atoms with Gasteiger partial charge >= 0.3 is 0 Å². The van der Waals surface area contributed by atoms with Crippen LogP contribution in [0.4, 0.5) is 5.69 Å². The number of anilines is 1. The summed E-state index contributed by atoms with van der Waals surface area (Å²) < 4.78 is 1.37. The molecule has 0 spiro atoms. The number of thioether (sulfide) groups is 1. The lowest BCUT2D eigenvalue weighted by Crippen LogP contribution is -2.16. The normalized spacial score (nSPS) is 10.6. The molecule has 0 aliphatic carbocycles. The lowest BCUT2D eigenvalue weighted by atomic mass is 10.1. The molecule has 3 rings (SSSR count). The SMILES string of the molecule is Cc1cc(C)cc(NC(=O)CSc2nnc(-c3cccnc3)n2N)c1. The van der Waals surface area contributed by atoms with Crippen molar-refractivity contribution >= 4 is 23.4 Å². The molecule has 0 saturated heterocycles. The maximum Gasteiger partial charge on any atom is 0.234 e. The summed E-state index contributed by atoms with van der Waals surface area (Å²) in [6.45, 7) is 3.99. The number of aryl methyl sites for hydroxylation is 2. The van der Waals surface area contributed by atoms with Crippen LogP contribution in [0, 0.1) is 13.8 Å². The van der Waals surface area contributed by atoms with Gasteiger partial charge in [-0.25, -0.2) is 4.68 Å². The Kier molecular flexibility index (Phi) is 4.99. The van der Waals surface area contributed by atoms with Crippen molar-refractivity contribution in [1.82, 2.24) is 19.9 Å². The lowest BCUT2D eigenvalue weighted by molar-refractivity contribution is -0.113. The minimum absolute atomic E-state index is 0.124. The molecule has 0 aliphatic heterocycles. The number of nitrogens with two attached hydrogens (primary N) is 1. The maximum atomic E-state index is 12.2. The summed E-state index contributed by atoms with van der Waals surface area (Å²) in [5.41, 5.74) is 3.76. The van der Waals surface area contributed by atoms with Crippen molar-refractivity contribution in [2.75, 3.05) is 16.9 Å². The fourth-order valence-corrected chi connectivity index (χ4v) is 3.10. The van der Waals surface area contributed by atoms with Crippen LogP contribution in [0.1, 0.15) is 11.1 Å². The first-order valence-corrected chi connectivity index (χ1v) is 8.63. The highest BCUT2D eigenvalue weighted by molar-refractivity contribution is 7.99. The lowest BCUT2D eigenvalue weighted by Gasteiger charge is -2.07. The molecule has 0 saturated carbocycles. The van der Waals surface area contributed by atoms with E-state index >= 15 is 0 Å². The summed E-state index contributed by atoms with van der Waals surface area (Å²) in [5, 5.41) is 11.5. The predicted octanol–water partition coefficient (Wildman–Crippen LogP) is 2.40. The standard InChI is InChI=1S/C17H18N6OS/c1-11-6-12(2)8-14(7-11)20-15(24)10-25-17-22-21-16(23(17)18)13-4-3-5-19-9-13/h3-9H,10,18H2,1-2H3,(H,20,24). The van der Waals surface area contributed by atoms with Gasteiger partial charge in [-0.2, -0.15) is 0 Å². The molecule has 128 valence electrons. The van der Waals surface area contributed by atoms with Crippen LogP contribution < -0.4 is 11.2 Å². The number of nitrogens with one attached hydrogen (secondary N) is 1. The number of pyridine rings is 1. The monoisotopic (exact) mass is 354 g/mol. The number of hydrogen-bond donors (Lipinski definition) is 2. The van der Waals surface area contributed by atoms with E-state index in [1.165, 1.54) is 16.4 Å². The molecule has 0 radical (unpaired) electrons. The van der Waals surface area contributed by atoms with E-state index in [9.17, 15) is 4.79 Å². The van der Waals surface area contributed by atoms with Gasteiger partial charge in [-0.15, -0.1) is 10.2 Å². The van der Waals surface area contributed by atoms with E-state index in [1.807, 2.05) is 32.0 Å². The number of rotatable bonds is 5. The van der Waals surface area contributed by atoms with Crippen molar-refractivity contribution in [3.8, 4) is 11.4 Å². The molecule has 0 bridgehead atoms. The van der Waals surface area contributed by atoms with Crippen LogP contribution in [0.25, 0.3) is 11.4 Å². The zero-order valence-electron chi connectivity index (χ0n) is 13.9. The van der Waals surface area contributed by atoms with E-state index < -0.39 is 0 Å². The number of nitrogens with zero attached hydrogens (tertiary/aromatic N) is 4. The van der Waals surface area contributed by atoms with Crippen LogP contribution in [0.5, 0.6) is 0 Å². The predicted molar refractivity (Wildman–Crippen MR) is 98.7 cm³/mol. The number of carbonyl (C=O) groups is 1. The van der Waals surface area contributed by atoms with E-state index in [-0.39, 0.29) is 11.7 Å². The van der Waals surface area contributed by atoms with Gasteiger partial charge in [0.15, 0.2) is 5.82 Å². The molecule has 8 heteroatoms. The van der Waals surface area contributed by atoms with Crippen LogP contribution in [0.15, 0.2) is 47.9 Å². The minimum Gasteiger partial charge on any atom is -0.335 e. The van der Waals surface area contributed by atoms with Crippen molar-refractivity contribution in [2.45, 2.75) is 19.0 Å². The first-order chi connectivity index (χ1) is 12.0. The smallest absolute Gasteiger partial charge is 0.234 e. The zero-order valence-corrected chi connectivity index (χ0v) is 14.7. The van der Waals surface area contributed by atoms with Crippen molar-refractivity contribution in [3.63, 3.8) is 0 Å². The van der Waals surface area contributed by atoms with Gasteiger partial charge in [-0.05, 0) is 49.2 Å². The molecular formula is C17H18N6OS. The minimum atomic E-state index is -0.124. The van der Waals surface area contributed by atoms with Crippen molar-refractivity contribution < 1.29 is 4.79 Å². The Labute approximate surface area is 149 Å². The van der Waals surface area contributed by atoms with E-state index in [4.69, 9.17) is 5.84 Å². The Morgan fingerprint density at radius 1 is 1.24 bits per heavy atom. The Morgan fingerprint density at radius 2 is 2.00 bits per heavy atom. The number of aromatic nitrogens is 4. The van der Waals surface area contributed by atoms with E-state index in [2.05, 4.69) is 26.6 Å². The average Bonchev–Trinajstić information content (AvgIpc) is 2.93. The number of nitrogen functional groups attached to an aromatic ring is 1. The van der Waals surface area contributed by atoms with Crippen LogP contribution in [-0.4, -0.2) is 31.5 Å². The third-order valence-corrected chi connectivity index (χ3v) is 4.37. The summed E-state index contributed by atoms with van der Waals surface area (Å²) in [6, 6.07) is 9.57. The molecular weight excluding hydrogens is 336 g/mol. The van der Waals surface area contributed by atoms with Crippen molar-refractivity contribution in [3.05, 3.63) is 53.9 Å². The largest absolute Gasteiger partial charge is 0.335 e. The summed E-state index contributed by atoms with van der Waals surface area (Å²) >= 11 is 1.23. The zero-order chi connectivity index (χ0) is 17.8. The fourth-order valence-electron chi connectivity index (χ4n) is 2.44. The van der Waals surface area contributed by atoms with Gasteiger partial charge in [0.1, 0.15) is 0 Å². The van der Waals surface area contributed by atoms with Gasteiger partial charge in [0, 0.05) is 23.6 Å². The highest BCUT2D eigenvalue weighted by Crippen LogP contribution is 2.21. The second-order valence-electron chi connectivity index (χ2n) is 5.63. The quantitative estimate of drug-likeness (QED) is 0.539. The second kappa shape index (κ2) is 7.35. The van der Waals surface area contributed by atoms with E-state index in [0.717, 1.165) is 22.4 Å². The van der Waals surface area contributed by atoms with Crippen LogP contribution in [-0.2, 0) is 4.79 Å². The molecule has 1 amide bonds.